The minimum atomic E-state index is -1.78. The summed E-state index contributed by atoms with van der Waals surface area (Å²) in [4.78, 5) is 11.8. The lowest BCUT2D eigenvalue weighted by Gasteiger charge is -2.32. The molecule has 0 saturated heterocycles. The molecular weight excluding hydrogens is 422 g/mol. The molecule has 0 unspecified atom stereocenters. The Morgan fingerprint density at radius 3 is 1.58 bits per heavy atom. The maximum atomic E-state index is 11.8. The molecule has 0 aliphatic carbocycles. The largest absolute Gasteiger partial charge is 0.450 e. The summed E-state index contributed by atoms with van der Waals surface area (Å²) in [6, 6.07) is 1.01. The normalized spacial score (nSPS) is 12.0. The summed E-state index contributed by atoms with van der Waals surface area (Å²) in [6.07, 6.45) is 19.5. The van der Waals surface area contributed by atoms with Crippen molar-refractivity contribution in [1.29, 1.82) is 0 Å². The van der Waals surface area contributed by atoms with E-state index in [0.717, 1.165) is 25.4 Å². The van der Waals surface area contributed by atoms with Crippen LogP contribution in [0, 0.1) is 0 Å². The number of unbranched alkanes of at least 4 members (excludes halogenated alkanes) is 13. The molecule has 0 atom stereocenters. The standard InChI is InChI=1S/C26H54ClNO2Si/c1-6-7-8-9-10-11-12-13-14-15-16-17-18-19-21-28-26(29)30-22-20-23-31(27,24(2)3)25(4)5/h24-25H,6-23H2,1-5H3,(H,28,29). The van der Waals surface area contributed by atoms with Crippen molar-refractivity contribution in [2.75, 3.05) is 13.2 Å². The van der Waals surface area contributed by atoms with E-state index in [-0.39, 0.29) is 6.09 Å². The van der Waals surface area contributed by atoms with E-state index in [1.807, 2.05) is 0 Å². The van der Waals surface area contributed by atoms with Crippen LogP contribution in [-0.2, 0) is 4.74 Å². The highest BCUT2D eigenvalue weighted by molar-refractivity contribution is 7.21. The quantitative estimate of drug-likeness (QED) is 0.102. The van der Waals surface area contributed by atoms with Crippen LogP contribution < -0.4 is 5.32 Å². The van der Waals surface area contributed by atoms with E-state index >= 15 is 0 Å². The van der Waals surface area contributed by atoms with E-state index < -0.39 is 7.38 Å². The van der Waals surface area contributed by atoms with Crippen LogP contribution in [0.15, 0.2) is 0 Å². The summed E-state index contributed by atoms with van der Waals surface area (Å²) in [6.45, 7) is 12.4. The smallest absolute Gasteiger partial charge is 0.407 e. The predicted molar refractivity (Wildman–Crippen MR) is 141 cm³/mol. The van der Waals surface area contributed by atoms with Crippen LogP contribution in [0.3, 0.4) is 0 Å². The van der Waals surface area contributed by atoms with Gasteiger partial charge in [0.05, 0.1) is 6.61 Å². The molecule has 0 saturated carbocycles. The molecule has 0 aliphatic heterocycles. The Bertz CT molecular complexity index is 410. The monoisotopic (exact) mass is 475 g/mol. The van der Waals surface area contributed by atoms with Gasteiger partial charge in [0.1, 0.15) is 0 Å². The second-order valence-corrected chi connectivity index (χ2v) is 16.8. The summed E-state index contributed by atoms with van der Waals surface area (Å²) in [5, 5.41) is 2.89. The molecule has 0 radical (unpaired) electrons. The molecule has 0 bridgehead atoms. The molecule has 0 fully saturated rings. The van der Waals surface area contributed by atoms with E-state index in [9.17, 15) is 4.79 Å². The second kappa shape index (κ2) is 20.4. The summed E-state index contributed by atoms with van der Waals surface area (Å²) < 4.78 is 5.33. The highest BCUT2D eigenvalue weighted by atomic mass is 35.6. The van der Waals surface area contributed by atoms with E-state index in [4.69, 9.17) is 15.8 Å². The van der Waals surface area contributed by atoms with Gasteiger partial charge in [-0.15, -0.1) is 0 Å². The van der Waals surface area contributed by atoms with Crippen LogP contribution in [-0.4, -0.2) is 26.6 Å². The van der Waals surface area contributed by atoms with Crippen LogP contribution in [0.4, 0.5) is 4.79 Å². The number of hydrogen-bond acceptors (Lipinski definition) is 2. The van der Waals surface area contributed by atoms with E-state index in [1.54, 1.807) is 0 Å². The highest BCUT2D eigenvalue weighted by Gasteiger charge is 2.37. The summed E-state index contributed by atoms with van der Waals surface area (Å²) >= 11 is 6.91. The maximum absolute atomic E-state index is 11.8. The van der Waals surface area contributed by atoms with Crippen LogP contribution in [0.2, 0.25) is 17.1 Å². The number of ether oxygens (including phenoxy) is 1. The number of hydrogen-bond donors (Lipinski definition) is 1. The number of rotatable bonds is 21. The van der Waals surface area contributed by atoms with Gasteiger partial charge in [0, 0.05) is 6.54 Å². The molecular formula is C26H54ClNO2Si. The lowest BCUT2D eigenvalue weighted by atomic mass is 10.0. The number of carbonyl (C=O) groups excluding carboxylic acids is 1. The zero-order valence-corrected chi connectivity index (χ0v) is 23.3. The third-order valence-electron chi connectivity index (χ3n) is 6.66. The van der Waals surface area contributed by atoms with E-state index in [0.29, 0.717) is 17.7 Å². The third kappa shape index (κ3) is 17.0. The zero-order valence-electron chi connectivity index (χ0n) is 21.6. The summed E-state index contributed by atoms with van der Waals surface area (Å²) in [5.41, 5.74) is 1.09. The molecule has 3 nitrogen and oxygen atoms in total. The van der Waals surface area contributed by atoms with Gasteiger partial charge in [-0.25, -0.2) is 4.79 Å². The van der Waals surface area contributed by atoms with Crippen molar-refractivity contribution in [3.8, 4) is 0 Å². The lowest BCUT2D eigenvalue weighted by molar-refractivity contribution is 0.146. The number of carbonyl (C=O) groups is 1. The molecule has 31 heavy (non-hydrogen) atoms. The lowest BCUT2D eigenvalue weighted by Crippen LogP contribution is -2.35. The Hall–Kier alpha value is -0.223. The van der Waals surface area contributed by atoms with Crippen molar-refractivity contribution in [2.24, 2.45) is 0 Å². The molecule has 0 rings (SSSR count). The Balaban J connectivity index is 3.42. The van der Waals surface area contributed by atoms with Crippen LogP contribution in [0.25, 0.3) is 0 Å². The van der Waals surface area contributed by atoms with Crippen molar-refractivity contribution >= 4 is 24.6 Å². The number of amides is 1. The molecule has 0 heterocycles. The maximum Gasteiger partial charge on any atom is 0.407 e. The fraction of sp³-hybridized carbons (Fsp3) is 0.962. The van der Waals surface area contributed by atoms with Crippen LogP contribution in [0.1, 0.15) is 131 Å². The first-order valence-corrected chi connectivity index (χ1v) is 16.8. The van der Waals surface area contributed by atoms with Crippen LogP contribution in [0.5, 0.6) is 0 Å². The van der Waals surface area contributed by atoms with Gasteiger partial charge in [0.2, 0.25) is 0 Å². The minimum absolute atomic E-state index is 0.273. The first-order valence-electron chi connectivity index (χ1n) is 13.4. The van der Waals surface area contributed by atoms with E-state index in [1.165, 1.54) is 83.5 Å². The Morgan fingerprint density at radius 1 is 0.742 bits per heavy atom. The fourth-order valence-corrected chi connectivity index (χ4v) is 7.89. The summed E-state index contributed by atoms with van der Waals surface area (Å²) in [5.74, 6) is 0. The van der Waals surface area contributed by atoms with E-state index in [2.05, 4.69) is 39.9 Å². The van der Waals surface area contributed by atoms with Gasteiger partial charge in [-0.05, 0) is 30.0 Å². The predicted octanol–water partition coefficient (Wildman–Crippen LogP) is 9.59. The number of halogens is 1. The SMILES string of the molecule is CCCCCCCCCCCCCCCCNC(=O)OCCC[Si](Cl)(C(C)C)C(C)C. The Labute approximate surface area is 200 Å². The Morgan fingerprint density at radius 2 is 1.16 bits per heavy atom. The van der Waals surface area contributed by atoms with Gasteiger partial charge in [-0.3, -0.25) is 0 Å². The van der Waals surface area contributed by atoms with Gasteiger partial charge >= 0.3 is 6.09 Å². The second-order valence-electron chi connectivity index (χ2n) is 10.00. The van der Waals surface area contributed by atoms with Gasteiger partial charge in [-0.2, -0.15) is 11.1 Å². The molecule has 0 aromatic heterocycles. The molecule has 1 N–H and O–H groups in total. The van der Waals surface area contributed by atoms with Crippen molar-refractivity contribution in [3.63, 3.8) is 0 Å². The van der Waals surface area contributed by atoms with Crippen LogP contribution >= 0.6 is 11.1 Å². The Kier molecular flexibility index (Phi) is 20.2. The zero-order chi connectivity index (χ0) is 23.4. The van der Waals surface area contributed by atoms with Crippen molar-refractivity contribution in [2.45, 2.75) is 148 Å². The van der Waals surface area contributed by atoms with Gasteiger partial charge in [0.15, 0.2) is 7.38 Å². The summed E-state index contributed by atoms with van der Waals surface area (Å²) in [7, 11) is -1.78. The number of nitrogens with one attached hydrogen (secondary N) is 1. The minimum Gasteiger partial charge on any atom is -0.450 e. The first-order chi connectivity index (χ1) is 14.8. The van der Waals surface area contributed by atoms with Crippen molar-refractivity contribution in [3.05, 3.63) is 0 Å². The third-order valence-corrected chi connectivity index (χ3v) is 14.8. The number of alkyl carbamates (subject to hydrolysis) is 1. The molecule has 0 aromatic carbocycles. The van der Waals surface area contributed by atoms with Crippen molar-refractivity contribution < 1.29 is 9.53 Å². The highest BCUT2D eigenvalue weighted by Crippen LogP contribution is 2.40. The topological polar surface area (TPSA) is 38.3 Å². The molecule has 1 amide bonds. The molecule has 0 aliphatic rings. The average molecular weight is 476 g/mol. The van der Waals surface area contributed by atoms with Gasteiger partial charge in [0.25, 0.3) is 0 Å². The average Bonchev–Trinajstić information content (AvgIpc) is 2.73. The van der Waals surface area contributed by atoms with Gasteiger partial charge in [-0.1, -0.05) is 118 Å². The van der Waals surface area contributed by atoms with Crippen molar-refractivity contribution in [1.82, 2.24) is 5.32 Å². The molecule has 5 heteroatoms. The fourth-order valence-electron chi connectivity index (χ4n) is 4.31. The molecule has 186 valence electrons. The van der Waals surface area contributed by atoms with Gasteiger partial charge < -0.3 is 10.1 Å². The molecule has 0 aromatic rings. The first kappa shape index (κ1) is 30.8. The molecule has 0 spiro atoms.